The Balaban J connectivity index is 0.00000450. The number of benzene rings is 1. The summed E-state index contributed by atoms with van der Waals surface area (Å²) in [5.74, 6) is -0.136. The summed E-state index contributed by atoms with van der Waals surface area (Å²) in [6, 6.07) is 6.88. The number of hydrogen-bond acceptors (Lipinski definition) is 9. The van der Waals surface area contributed by atoms with Gasteiger partial charge in [-0.15, -0.1) is 10.2 Å². The van der Waals surface area contributed by atoms with E-state index in [1.807, 2.05) is 6.92 Å². The van der Waals surface area contributed by atoms with Gasteiger partial charge in [0.25, 0.3) is 15.8 Å². The molecule has 0 saturated carbocycles. The first-order valence-electron chi connectivity index (χ1n) is 8.75. The van der Waals surface area contributed by atoms with E-state index in [-0.39, 0.29) is 58.9 Å². The Bertz CT molecular complexity index is 1000. The quantitative estimate of drug-likeness (QED) is 0.189. The predicted octanol–water partition coefficient (Wildman–Crippen LogP) is 0.955. The van der Waals surface area contributed by atoms with Gasteiger partial charge in [-0.25, -0.2) is 4.98 Å². The van der Waals surface area contributed by atoms with Gasteiger partial charge in [0.1, 0.15) is 17.6 Å². The molecule has 0 aliphatic heterocycles. The summed E-state index contributed by atoms with van der Waals surface area (Å²) in [4.78, 5) is 15.3. The topological polar surface area (TPSA) is 159 Å². The van der Waals surface area contributed by atoms with Gasteiger partial charge in [-0.2, -0.15) is 8.42 Å². The van der Waals surface area contributed by atoms with Gasteiger partial charge in [0.05, 0.1) is 4.92 Å². The zero-order chi connectivity index (χ0) is 21.6. The fourth-order valence-electron chi connectivity index (χ4n) is 2.70. The second-order valence-electron chi connectivity index (χ2n) is 6.08. The first-order chi connectivity index (χ1) is 13.7. The molecule has 0 bridgehead atoms. The van der Waals surface area contributed by atoms with Crippen LogP contribution >= 0.6 is 0 Å². The van der Waals surface area contributed by atoms with Crippen molar-refractivity contribution in [3.05, 3.63) is 46.6 Å². The summed E-state index contributed by atoms with van der Waals surface area (Å²) in [5.41, 5.74) is 0.322. The van der Waals surface area contributed by atoms with Crippen LogP contribution in [0.3, 0.4) is 0 Å². The third-order valence-electron chi connectivity index (χ3n) is 4.00. The number of phenolic OH excluding ortho intramolecular Hbond substituents is 1. The number of rotatable bonds is 9. The van der Waals surface area contributed by atoms with Crippen LogP contribution < -0.4 is 34.5 Å². The van der Waals surface area contributed by atoms with Crippen LogP contribution in [0.4, 0.5) is 22.9 Å². The smallest absolute Gasteiger partial charge is 0.506 e. The summed E-state index contributed by atoms with van der Waals surface area (Å²) >= 11 is 0. The monoisotopic (exact) mass is 446 g/mol. The molecular formula is C17H21N5NaO6S+. The Kier molecular flexibility index (Phi) is 9.78. The van der Waals surface area contributed by atoms with E-state index in [4.69, 9.17) is 0 Å². The molecule has 0 radical (unpaired) electrons. The average molecular weight is 446 g/mol. The van der Waals surface area contributed by atoms with Crippen molar-refractivity contribution in [2.24, 2.45) is 10.2 Å². The standard InChI is InChI=1S/C17H21N5O6S.Na/c1-3-9-21(17(4-2)29(26,27)28)12-5-7-14(15(23)10-12)19-20-16-8-6-13(11-18-16)22(24)25;/h5-8,10-11,17,23H,3-4,9H2,1-2H3,(H,26,27,28);/q;+1. The Morgan fingerprint density at radius 2 is 1.93 bits per heavy atom. The molecule has 2 aromatic rings. The molecule has 156 valence electrons. The second kappa shape index (κ2) is 11.3. The number of nitro groups is 1. The van der Waals surface area contributed by atoms with Crippen LogP contribution in [0.15, 0.2) is 46.8 Å². The van der Waals surface area contributed by atoms with Gasteiger partial charge in [-0.3, -0.25) is 14.7 Å². The maximum atomic E-state index is 11.7. The van der Waals surface area contributed by atoms with E-state index in [0.29, 0.717) is 18.7 Å². The fraction of sp³-hybridized carbons (Fsp3) is 0.353. The van der Waals surface area contributed by atoms with Crippen molar-refractivity contribution in [2.45, 2.75) is 32.1 Å². The number of nitrogens with zero attached hydrogens (tertiary/aromatic N) is 5. The van der Waals surface area contributed by atoms with Gasteiger partial charge in [0.15, 0.2) is 11.2 Å². The first-order valence-corrected chi connectivity index (χ1v) is 10.3. The van der Waals surface area contributed by atoms with Crippen molar-refractivity contribution < 1.29 is 52.6 Å². The Morgan fingerprint density at radius 1 is 1.23 bits per heavy atom. The Morgan fingerprint density at radius 3 is 2.40 bits per heavy atom. The predicted molar refractivity (Wildman–Crippen MR) is 106 cm³/mol. The molecule has 0 fully saturated rings. The van der Waals surface area contributed by atoms with Crippen molar-refractivity contribution in [1.29, 1.82) is 0 Å². The van der Waals surface area contributed by atoms with Crippen LogP contribution in [0.1, 0.15) is 26.7 Å². The molecule has 1 aromatic heterocycles. The van der Waals surface area contributed by atoms with E-state index in [1.165, 1.54) is 29.2 Å². The fourth-order valence-corrected chi connectivity index (χ4v) is 3.67. The summed E-state index contributed by atoms with van der Waals surface area (Å²) in [7, 11) is -4.32. The third-order valence-corrected chi connectivity index (χ3v) is 5.27. The molecule has 30 heavy (non-hydrogen) atoms. The van der Waals surface area contributed by atoms with E-state index in [2.05, 4.69) is 15.2 Å². The molecule has 13 heteroatoms. The van der Waals surface area contributed by atoms with Crippen LogP contribution in [-0.4, -0.2) is 39.9 Å². The Hall–Kier alpha value is -2.12. The molecule has 0 aliphatic rings. The minimum atomic E-state index is -4.32. The maximum absolute atomic E-state index is 11.7. The third kappa shape index (κ3) is 6.71. The van der Waals surface area contributed by atoms with E-state index in [1.54, 1.807) is 13.0 Å². The molecule has 1 aromatic carbocycles. The molecule has 2 N–H and O–H groups in total. The summed E-state index contributed by atoms with van der Waals surface area (Å²) in [6.07, 6.45) is 1.83. The zero-order valence-electron chi connectivity index (χ0n) is 16.8. The van der Waals surface area contributed by atoms with Gasteiger partial charge in [-0.1, -0.05) is 13.8 Å². The van der Waals surface area contributed by atoms with Crippen molar-refractivity contribution in [3.63, 3.8) is 0 Å². The van der Waals surface area contributed by atoms with Gasteiger partial charge in [0, 0.05) is 24.4 Å². The van der Waals surface area contributed by atoms with Crippen molar-refractivity contribution >= 4 is 33.0 Å². The molecule has 0 spiro atoms. The van der Waals surface area contributed by atoms with E-state index < -0.39 is 20.4 Å². The summed E-state index contributed by atoms with van der Waals surface area (Å²) in [5, 5.41) is 27.4. The second-order valence-corrected chi connectivity index (χ2v) is 7.65. The van der Waals surface area contributed by atoms with Crippen LogP contribution in [-0.2, 0) is 10.1 Å². The van der Waals surface area contributed by atoms with Crippen molar-refractivity contribution in [3.8, 4) is 5.75 Å². The Labute approximate surface area is 196 Å². The minimum Gasteiger partial charge on any atom is -0.506 e. The number of aromatic nitrogens is 1. The molecule has 0 aliphatic carbocycles. The zero-order valence-corrected chi connectivity index (χ0v) is 19.7. The minimum absolute atomic E-state index is 0. The summed E-state index contributed by atoms with van der Waals surface area (Å²) in [6.45, 7) is 3.86. The number of pyridine rings is 1. The number of anilines is 1. The maximum Gasteiger partial charge on any atom is 1.00 e. The van der Waals surface area contributed by atoms with Gasteiger partial charge >= 0.3 is 29.6 Å². The van der Waals surface area contributed by atoms with Gasteiger partial charge in [-0.05, 0) is 31.0 Å². The van der Waals surface area contributed by atoms with Crippen molar-refractivity contribution in [1.82, 2.24) is 4.98 Å². The summed E-state index contributed by atoms with van der Waals surface area (Å²) < 4.78 is 32.9. The van der Waals surface area contributed by atoms with E-state index >= 15 is 0 Å². The van der Waals surface area contributed by atoms with E-state index in [0.717, 1.165) is 6.20 Å². The van der Waals surface area contributed by atoms with Crippen LogP contribution in [0.2, 0.25) is 0 Å². The molecule has 0 amide bonds. The normalized spacial score (nSPS) is 12.4. The van der Waals surface area contributed by atoms with Crippen molar-refractivity contribution in [2.75, 3.05) is 11.4 Å². The molecule has 0 saturated heterocycles. The molecule has 11 nitrogen and oxygen atoms in total. The number of hydrogen-bond donors (Lipinski definition) is 2. The number of azo groups is 1. The molecular weight excluding hydrogens is 425 g/mol. The van der Waals surface area contributed by atoms with Crippen LogP contribution in [0.5, 0.6) is 5.75 Å². The van der Waals surface area contributed by atoms with Crippen LogP contribution in [0, 0.1) is 10.1 Å². The number of phenols is 1. The SMILES string of the molecule is CCCN(c1ccc(N=Nc2ccc([N+](=O)[O-])cn2)c(O)c1)C(CC)S(=O)(=O)O.[Na+]. The molecule has 2 rings (SSSR count). The van der Waals surface area contributed by atoms with Crippen LogP contribution in [0.25, 0.3) is 0 Å². The van der Waals surface area contributed by atoms with Gasteiger partial charge < -0.3 is 10.0 Å². The largest absolute Gasteiger partial charge is 1.00 e. The molecule has 1 atom stereocenters. The molecule has 1 heterocycles. The average Bonchev–Trinajstić information content (AvgIpc) is 2.66. The first kappa shape index (κ1) is 25.9. The number of aromatic hydroxyl groups is 1. The molecule has 1 unspecified atom stereocenters. The van der Waals surface area contributed by atoms with Gasteiger partial charge in [0.2, 0.25) is 0 Å². The van der Waals surface area contributed by atoms with E-state index in [9.17, 15) is 28.2 Å².